The van der Waals surface area contributed by atoms with E-state index in [0.29, 0.717) is 22.0 Å². The van der Waals surface area contributed by atoms with Gasteiger partial charge in [0.15, 0.2) is 11.6 Å². The van der Waals surface area contributed by atoms with Crippen molar-refractivity contribution < 1.29 is 9.13 Å². The first-order valence-electron chi connectivity index (χ1n) is 6.14. The number of benzene rings is 1. The Bertz CT molecular complexity index is 648. The molecule has 0 aliphatic heterocycles. The molecule has 0 unspecified atom stereocenters. The lowest BCUT2D eigenvalue weighted by Gasteiger charge is -2.09. The van der Waals surface area contributed by atoms with E-state index in [1.165, 1.54) is 18.2 Å². The van der Waals surface area contributed by atoms with E-state index in [0.717, 1.165) is 12.8 Å². The predicted molar refractivity (Wildman–Crippen MR) is 76.0 cm³/mol. The number of nitrogens with one attached hydrogen (secondary N) is 1. The Kier molecular flexibility index (Phi) is 3.54. The Balaban J connectivity index is 1.91. The van der Waals surface area contributed by atoms with E-state index in [1.807, 2.05) is 0 Å². The summed E-state index contributed by atoms with van der Waals surface area (Å²) in [5.74, 6) is 6.77. The van der Waals surface area contributed by atoms with Crippen molar-refractivity contribution in [3.63, 3.8) is 0 Å². The van der Waals surface area contributed by atoms with Crippen LogP contribution in [0.4, 0.5) is 10.2 Å². The van der Waals surface area contributed by atoms with Crippen LogP contribution in [0, 0.1) is 5.82 Å². The van der Waals surface area contributed by atoms with E-state index < -0.39 is 5.82 Å². The molecule has 0 saturated heterocycles. The van der Waals surface area contributed by atoms with E-state index in [4.69, 9.17) is 10.6 Å². The number of nitrogen functional groups attached to an aromatic ring is 1. The summed E-state index contributed by atoms with van der Waals surface area (Å²) in [6, 6.07) is 6.10. The van der Waals surface area contributed by atoms with Gasteiger partial charge in [-0.15, -0.1) is 0 Å². The van der Waals surface area contributed by atoms with E-state index in [9.17, 15) is 4.39 Å². The fraction of sp³-hybridized carbons (Fsp3) is 0.231. The normalized spacial score (nSPS) is 14.2. The molecule has 3 N–H and O–H groups in total. The molecule has 0 spiro atoms. The summed E-state index contributed by atoms with van der Waals surface area (Å²) in [4.78, 5) is 8.56. The first kappa shape index (κ1) is 13.3. The molecule has 0 atom stereocenters. The van der Waals surface area contributed by atoms with Crippen molar-refractivity contribution in [1.29, 1.82) is 0 Å². The quantitative estimate of drug-likeness (QED) is 0.660. The standard InChI is InChI=1S/C13H12BrFN4O/c14-8-3-4-10(9(15)5-8)20-12-6-11(19-16)17-13(18-12)7-1-2-7/h3-7H,1-2,16H2,(H,17,18,19). The summed E-state index contributed by atoms with van der Waals surface area (Å²) in [5, 5.41) is 0. The number of hydrogen-bond acceptors (Lipinski definition) is 5. The number of hydrogen-bond donors (Lipinski definition) is 2. The van der Waals surface area contributed by atoms with Crippen LogP contribution in [0.15, 0.2) is 28.7 Å². The lowest BCUT2D eigenvalue weighted by Crippen LogP contribution is -2.10. The molecule has 0 bridgehead atoms. The molecule has 7 heteroatoms. The van der Waals surface area contributed by atoms with Crippen LogP contribution in [0.3, 0.4) is 0 Å². The van der Waals surface area contributed by atoms with Gasteiger partial charge in [0.2, 0.25) is 5.88 Å². The summed E-state index contributed by atoms with van der Waals surface area (Å²) < 4.78 is 19.9. The Morgan fingerprint density at radius 2 is 2.10 bits per heavy atom. The zero-order chi connectivity index (χ0) is 14.1. The molecular weight excluding hydrogens is 327 g/mol. The monoisotopic (exact) mass is 338 g/mol. The van der Waals surface area contributed by atoms with Crippen LogP contribution in [0.1, 0.15) is 24.6 Å². The molecule has 1 aliphatic carbocycles. The van der Waals surface area contributed by atoms with Crippen LogP contribution in [-0.2, 0) is 0 Å². The SMILES string of the molecule is NNc1cc(Oc2ccc(Br)cc2F)nc(C2CC2)n1. The number of ether oxygens (including phenoxy) is 1. The smallest absolute Gasteiger partial charge is 0.224 e. The molecule has 1 saturated carbocycles. The van der Waals surface area contributed by atoms with Crippen molar-refractivity contribution in [3.8, 4) is 11.6 Å². The van der Waals surface area contributed by atoms with Crippen LogP contribution < -0.4 is 16.0 Å². The van der Waals surface area contributed by atoms with Crippen molar-refractivity contribution in [1.82, 2.24) is 9.97 Å². The topological polar surface area (TPSA) is 73.1 Å². The molecular formula is C13H12BrFN4O. The molecule has 104 valence electrons. The maximum absolute atomic E-state index is 13.8. The molecule has 1 heterocycles. The van der Waals surface area contributed by atoms with E-state index in [2.05, 4.69) is 31.3 Å². The highest BCUT2D eigenvalue weighted by molar-refractivity contribution is 9.10. The maximum Gasteiger partial charge on any atom is 0.224 e. The summed E-state index contributed by atoms with van der Waals surface area (Å²) >= 11 is 3.20. The molecule has 3 rings (SSSR count). The molecule has 1 aliphatic rings. The fourth-order valence-electron chi connectivity index (χ4n) is 1.76. The third-order valence-corrected chi connectivity index (χ3v) is 3.41. The summed E-state index contributed by atoms with van der Waals surface area (Å²) in [6.07, 6.45) is 2.11. The largest absolute Gasteiger partial charge is 0.436 e. The average Bonchev–Trinajstić information content (AvgIpc) is 3.26. The lowest BCUT2D eigenvalue weighted by molar-refractivity contribution is 0.424. The Morgan fingerprint density at radius 3 is 2.75 bits per heavy atom. The highest BCUT2D eigenvalue weighted by Crippen LogP contribution is 2.39. The van der Waals surface area contributed by atoms with E-state index in [1.54, 1.807) is 6.07 Å². The number of halogens is 2. The van der Waals surface area contributed by atoms with Gasteiger partial charge in [0.05, 0.1) is 0 Å². The number of rotatable bonds is 4. The van der Waals surface area contributed by atoms with Gasteiger partial charge in [-0.3, -0.25) is 0 Å². The summed E-state index contributed by atoms with van der Waals surface area (Å²) in [6.45, 7) is 0. The van der Waals surface area contributed by atoms with Gasteiger partial charge in [0.1, 0.15) is 11.6 Å². The Labute approximate surface area is 123 Å². The molecule has 1 fully saturated rings. The van der Waals surface area contributed by atoms with Crippen LogP contribution in [-0.4, -0.2) is 9.97 Å². The minimum atomic E-state index is -0.465. The zero-order valence-electron chi connectivity index (χ0n) is 10.4. The predicted octanol–water partition coefficient (Wildman–Crippen LogP) is 3.33. The zero-order valence-corrected chi connectivity index (χ0v) is 12.0. The molecule has 20 heavy (non-hydrogen) atoms. The van der Waals surface area contributed by atoms with Gasteiger partial charge < -0.3 is 10.2 Å². The van der Waals surface area contributed by atoms with Crippen molar-refractivity contribution in [2.45, 2.75) is 18.8 Å². The number of nitrogens with zero attached hydrogens (tertiary/aromatic N) is 2. The molecule has 0 radical (unpaired) electrons. The number of hydrazine groups is 1. The second-order valence-corrected chi connectivity index (χ2v) is 5.46. The third kappa shape index (κ3) is 2.88. The van der Waals surface area contributed by atoms with Crippen molar-refractivity contribution >= 4 is 21.7 Å². The Hall–Kier alpha value is -1.73. The van der Waals surface area contributed by atoms with Crippen molar-refractivity contribution in [3.05, 3.63) is 40.4 Å². The van der Waals surface area contributed by atoms with Gasteiger partial charge in [-0.2, -0.15) is 4.98 Å². The molecule has 2 aromatic rings. The number of anilines is 1. The molecule has 1 aromatic heterocycles. The molecule has 5 nitrogen and oxygen atoms in total. The van der Waals surface area contributed by atoms with Crippen molar-refractivity contribution in [2.24, 2.45) is 5.84 Å². The van der Waals surface area contributed by atoms with Crippen LogP contribution in [0.25, 0.3) is 0 Å². The first-order chi connectivity index (χ1) is 9.65. The minimum Gasteiger partial charge on any atom is -0.436 e. The Morgan fingerprint density at radius 1 is 1.30 bits per heavy atom. The molecule has 0 amide bonds. The minimum absolute atomic E-state index is 0.108. The van der Waals surface area contributed by atoms with Gasteiger partial charge in [-0.05, 0) is 31.0 Å². The van der Waals surface area contributed by atoms with E-state index >= 15 is 0 Å². The number of aromatic nitrogens is 2. The number of nitrogens with two attached hydrogens (primary N) is 1. The van der Waals surface area contributed by atoms with Crippen LogP contribution >= 0.6 is 15.9 Å². The second kappa shape index (κ2) is 5.34. The van der Waals surface area contributed by atoms with Gasteiger partial charge >= 0.3 is 0 Å². The third-order valence-electron chi connectivity index (χ3n) is 2.92. The maximum atomic E-state index is 13.8. The highest BCUT2D eigenvalue weighted by atomic mass is 79.9. The van der Waals surface area contributed by atoms with Crippen LogP contribution in [0.2, 0.25) is 0 Å². The lowest BCUT2D eigenvalue weighted by atomic mass is 10.3. The molecule has 1 aromatic carbocycles. The van der Waals surface area contributed by atoms with Gasteiger partial charge in [0.25, 0.3) is 0 Å². The van der Waals surface area contributed by atoms with Gasteiger partial charge in [-0.1, -0.05) is 15.9 Å². The fourth-order valence-corrected chi connectivity index (χ4v) is 2.10. The second-order valence-electron chi connectivity index (χ2n) is 4.55. The van der Waals surface area contributed by atoms with E-state index in [-0.39, 0.29) is 11.6 Å². The summed E-state index contributed by atoms with van der Waals surface area (Å²) in [5.41, 5.74) is 2.47. The first-order valence-corrected chi connectivity index (χ1v) is 6.93. The average molecular weight is 339 g/mol. The van der Waals surface area contributed by atoms with Gasteiger partial charge in [0, 0.05) is 16.5 Å². The van der Waals surface area contributed by atoms with Gasteiger partial charge in [-0.25, -0.2) is 15.2 Å². The van der Waals surface area contributed by atoms with Crippen LogP contribution in [0.5, 0.6) is 11.6 Å². The highest BCUT2D eigenvalue weighted by Gasteiger charge is 2.27. The van der Waals surface area contributed by atoms with Crippen molar-refractivity contribution in [2.75, 3.05) is 5.43 Å². The summed E-state index contributed by atoms with van der Waals surface area (Å²) in [7, 11) is 0.